The predicted molar refractivity (Wildman–Crippen MR) is 29.8 cm³/mol. The van der Waals surface area contributed by atoms with E-state index in [1.54, 1.807) is 0 Å². The zero-order valence-corrected chi connectivity index (χ0v) is 6.88. The summed E-state index contributed by atoms with van der Waals surface area (Å²) in [5.74, 6) is 0. The molecule has 0 bridgehead atoms. The van der Waals surface area contributed by atoms with Crippen LogP contribution in [0.5, 0.6) is 0 Å². The van der Waals surface area contributed by atoms with Gasteiger partial charge in [0.25, 0.3) is 0 Å². The minimum Gasteiger partial charge on any atom is -0.605 e. The second-order valence-corrected chi connectivity index (χ2v) is 0. The molecule has 6 N–H and O–H groups in total. The van der Waals surface area contributed by atoms with E-state index < -0.39 is 0 Å². The van der Waals surface area contributed by atoms with E-state index in [9.17, 15) is 0 Å². The molecule has 7 heteroatoms. The molecule has 0 aromatic rings. The molecule has 0 rings (SSSR count). The number of hydrogen-bond donors (Lipinski definition) is 3. The molecule has 9 radical (unpaired) electrons. The van der Waals surface area contributed by atoms with Crippen LogP contribution in [0.25, 0.3) is 0 Å². The van der Waals surface area contributed by atoms with Crippen molar-refractivity contribution in [1.29, 1.82) is 0 Å². The van der Waals surface area contributed by atoms with Crippen molar-refractivity contribution in [2.45, 2.75) is 0 Å². The first-order chi connectivity index (χ1) is 3.00. The van der Waals surface area contributed by atoms with Crippen LogP contribution in [0.4, 0.5) is 0 Å². The van der Waals surface area contributed by atoms with Gasteiger partial charge in [-0.3, -0.25) is 0 Å². The van der Waals surface area contributed by atoms with Crippen molar-refractivity contribution in [2.75, 3.05) is 0 Å². The standard InChI is InChI=1S/3BH2N.Y/c3*1-2;/h3*2H2;/q3*-1;+3. The Bertz CT molecular complexity index is 10.1. The van der Waals surface area contributed by atoms with Crippen molar-refractivity contribution in [3.63, 3.8) is 0 Å². The fourth-order valence-electron chi connectivity index (χ4n) is 0. The van der Waals surface area contributed by atoms with Crippen molar-refractivity contribution in [2.24, 2.45) is 16.9 Å². The van der Waals surface area contributed by atoms with Gasteiger partial charge in [0, 0.05) is 0 Å². The van der Waals surface area contributed by atoms with Crippen LogP contribution in [0, 0.1) is 0 Å². The number of rotatable bonds is 0. The second kappa shape index (κ2) is 197. The van der Waals surface area contributed by atoms with Gasteiger partial charge in [0.15, 0.2) is 0 Å². The molecule has 0 aliphatic heterocycles. The van der Waals surface area contributed by atoms with Gasteiger partial charge in [0.05, 0.1) is 0 Å². The first kappa shape index (κ1) is 24.1. The molecule has 0 spiro atoms. The maximum absolute atomic E-state index is 4.00. The Morgan fingerprint density at radius 1 is 0.571 bits per heavy atom. The van der Waals surface area contributed by atoms with Crippen LogP contribution in [0.15, 0.2) is 0 Å². The number of hydrogen-bond acceptors (Lipinski definition) is 3. The topological polar surface area (TPSA) is 78.1 Å². The van der Waals surface area contributed by atoms with Crippen LogP contribution in [-0.2, 0) is 32.7 Å². The van der Waals surface area contributed by atoms with Crippen molar-refractivity contribution in [3.05, 3.63) is 0 Å². The molecular weight excluding hydrogens is 163 g/mol. The first-order valence-electron chi connectivity index (χ1n) is 1.00. The van der Waals surface area contributed by atoms with Gasteiger partial charge in [0.2, 0.25) is 0 Å². The van der Waals surface area contributed by atoms with Gasteiger partial charge in [-0.15, -0.1) is 0 Å². The average molecular weight is 169 g/mol. The summed E-state index contributed by atoms with van der Waals surface area (Å²) in [5.41, 5.74) is 12.0. The minimum atomic E-state index is 0. The molecule has 33 valence electrons. The van der Waals surface area contributed by atoms with E-state index in [1.165, 1.54) is 0 Å². The van der Waals surface area contributed by atoms with Crippen molar-refractivity contribution in [1.82, 2.24) is 0 Å². The molecule has 0 atom stereocenters. The van der Waals surface area contributed by atoms with Crippen LogP contribution in [0.3, 0.4) is 0 Å². The summed E-state index contributed by atoms with van der Waals surface area (Å²) in [5, 5.41) is 0. The van der Waals surface area contributed by atoms with Crippen LogP contribution in [0.2, 0.25) is 0 Å². The summed E-state index contributed by atoms with van der Waals surface area (Å²) in [6.45, 7) is 0. The molecule has 0 amide bonds. The van der Waals surface area contributed by atoms with E-state index >= 15 is 0 Å². The molecule has 0 aromatic heterocycles. The molecular formula is H6B3N3Y. The largest absolute Gasteiger partial charge is 3.00 e. The van der Waals surface area contributed by atoms with Gasteiger partial charge in [-0.05, 0) is 0 Å². The SMILES string of the molecule is [B-]N.[B-]N.[B-]N.[Y+3]. The summed E-state index contributed by atoms with van der Waals surface area (Å²) in [6, 6.07) is 0. The zero-order valence-electron chi connectivity index (χ0n) is 4.04. The molecule has 0 unspecified atom stereocenters. The van der Waals surface area contributed by atoms with E-state index in [1.807, 2.05) is 0 Å². The summed E-state index contributed by atoms with van der Waals surface area (Å²) in [6.07, 6.45) is 0. The minimum absolute atomic E-state index is 0. The third-order valence-corrected chi connectivity index (χ3v) is 0. The van der Waals surface area contributed by atoms with Gasteiger partial charge in [-0.1, -0.05) is 0 Å². The van der Waals surface area contributed by atoms with Gasteiger partial charge in [-0.2, -0.15) is 0 Å². The molecule has 7 heavy (non-hydrogen) atoms. The summed E-state index contributed by atoms with van der Waals surface area (Å²) >= 11 is 0. The second-order valence-electron chi connectivity index (χ2n) is 0. The van der Waals surface area contributed by atoms with Crippen molar-refractivity contribution < 1.29 is 32.7 Å². The summed E-state index contributed by atoms with van der Waals surface area (Å²) < 4.78 is 0. The van der Waals surface area contributed by atoms with E-state index in [0.717, 1.165) is 0 Å². The monoisotopic (exact) mass is 170 g/mol. The van der Waals surface area contributed by atoms with E-state index in [-0.39, 0.29) is 32.7 Å². The number of nitrogens with two attached hydrogens (primary N) is 3. The van der Waals surface area contributed by atoms with Gasteiger partial charge in [0.1, 0.15) is 0 Å². The Hall–Kier alpha value is 1.18. The Balaban J connectivity index is -0.00000000900. The fraction of sp³-hybridized carbons (Fsp3) is 0. The normalized spacial score (nSPS) is 2.57. The Labute approximate surface area is 73.3 Å². The van der Waals surface area contributed by atoms with Gasteiger partial charge >= 0.3 is 32.7 Å². The zero-order chi connectivity index (χ0) is 6.00. The first-order valence-corrected chi connectivity index (χ1v) is 1.00. The van der Waals surface area contributed by atoms with Crippen LogP contribution in [-0.4, -0.2) is 23.9 Å². The quantitative estimate of drug-likeness (QED) is 0.340. The smallest absolute Gasteiger partial charge is 0.605 e. The third-order valence-electron chi connectivity index (χ3n) is 0. The van der Waals surface area contributed by atoms with E-state index in [2.05, 4.69) is 40.9 Å². The Kier molecular flexibility index (Phi) is 680. The molecule has 0 heterocycles. The van der Waals surface area contributed by atoms with E-state index in [0.29, 0.717) is 0 Å². The molecule has 0 aliphatic carbocycles. The van der Waals surface area contributed by atoms with Crippen LogP contribution >= 0.6 is 0 Å². The van der Waals surface area contributed by atoms with E-state index in [4.69, 9.17) is 0 Å². The molecule has 0 aliphatic rings. The molecule has 0 aromatic carbocycles. The maximum atomic E-state index is 4.00. The van der Waals surface area contributed by atoms with Crippen LogP contribution < -0.4 is 16.9 Å². The Morgan fingerprint density at radius 2 is 0.571 bits per heavy atom. The van der Waals surface area contributed by atoms with Gasteiger partial charge in [-0.25, -0.2) is 0 Å². The summed E-state index contributed by atoms with van der Waals surface area (Å²) in [7, 11) is 12.0. The van der Waals surface area contributed by atoms with Crippen LogP contribution in [0.1, 0.15) is 0 Å². The molecule has 3 nitrogen and oxygen atoms in total. The maximum Gasteiger partial charge on any atom is 3.00 e. The summed E-state index contributed by atoms with van der Waals surface area (Å²) in [4.78, 5) is 0. The predicted octanol–water partition coefficient (Wildman–Crippen LogP) is -2.92. The average Bonchev–Trinajstić information content (AvgIpc) is 1.81. The van der Waals surface area contributed by atoms with Crippen molar-refractivity contribution in [3.8, 4) is 0 Å². The molecule has 0 saturated heterocycles. The fourth-order valence-corrected chi connectivity index (χ4v) is 0. The third kappa shape index (κ3) is 139. The molecule has 0 fully saturated rings. The van der Waals surface area contributed by atoms with Gasteiger partial charge < -0.3 is 40.9 Å². The molecule has 0 saturated carbocycles. The Morgan fingerprint density at radius 3 is 0.571 bits per heavy atom. The van der Waals surface area contributed by atoms with Crippen molar-refractivity contribution >= 4 is 23.9 Å².